The van der Waals surface area contributed by atoms with Crippen molar-refractivity contribution in [3.63, 3.8) is 0 Å². The van der Waals surface area contributed by atoms with Crippen LogP contribution >= 0.6 is 11.3 Å². The van der Waals surface area contributed by atoms with Gasteiger partial charge in [0.1, 0.15) is 23.7 Å². The molecule has 0 spiro atoms. The molecule has 0 radical (unpaired) electrons. The minimum Gasteiger partial charge on any atom is -0.486 e. The van der Waals surface area contributed by atoms with Crippen molar-refractivity contribution in [3.8, 4) is 5.75 Å². The van der Waals surface area contributed by atoms with Gasteiger partial charge in [-0.15, -0.1) is 11.3 Å². The van der Waals surface area contributed by atoms with Gasteiger partial charge in [0.2, 0.25) is 0 Å². The number of rotatable bonds is 4. The molecule has 0 aliphatic rings. The summed E-state index contributed by atoms with van der Waals surface area (Å²) in [5.41, 5.74) is 1.62. The number of carbonyl (C=O) groups is 1. The third-order valence-electron chi connectivity index (χ3n) is 2.02. The Kier molecular flexibility index (Phi) is 3.31. The molecule has 82 valence electrons. The van der Waals surface area contributed by atoms with E-state index in [0.29, 0.717) is 17.9 Å². The summed E-state index contributed by atoms with van der Waals surface area (Å²) in [6.45, 7) is 2.40. The highest BCUT2D eigenvalue weighted by atomic mass is 32.1. The van der Waals surface area contributed by atoms with E-state index in [1.54, 1.807) is 29.5 Å². The molecule has 0 atom stereocenters. The minimum atomic E-state index is 0.445. The van der Waals surface area contributed by atoms with Gasteiger partial charge in [-0.25, -0.2) is 4.98 Å². The normalized spacial score (nSPS) is 10.1. The molecule has 16 heavy (non-hydrogen) atoms. The van der Waals surface area contributed by atoms with Crippen molar-refractivity contribution < 1.29 is 9.53 Å². The standard InChI is InChI=1S/C12H11NO2S/c1-9-8-16-12(13-9)7-15-11-4-2-3-10(5-11)6-14/h2-6,8H,7H2,1H3. The summed E-state index contributed by atoms with van der Waals surface area (Å²) in [7, 11) is 0. The Bertz CT molecular complexity index is 493. The fraction of sp³-hybridized carbons (Fsp3) is 0.167. The number of aromatic nitrogens is 1. The van der Waals surface area contributed by atoms with Crippen molar-refractivity contribution in [2.24, 2.45) is 0 Å². The van der Waals surface area contributed by atoms with Crippen molar-refractivity contribution in [3.05, 3.63) is 45.9 Å². The summed E-state index contributed by atoms with van der Waals surface area (Å²) < 4.78 is 5.54. The van der Waals surface area contributed by atoms with Gasteiger partial charge in [0, 0.05) is 16.6 Å². The maximum absolute atomic E-state index is 10.6. The van der Waals surface area contributed by atoms with Gasteiger partial charge in [-0.05, 0) is 19.1 Å². The number of aryl methyl sites for hydroxylation is 1. The van der Waals surface area contributed by atoms with Crippen LogP contribution in [0.4, 0.5) is 0 Å². The first kappa shape index (κ1) is 10.8. The number of hydrogen-bond donors (Lipinski definition) is 0. The van der Waals surface area contributed by atoms with Gasteiger partial charge < -0.3 is 4.74 Å². The monoisotopic (exact) mass is 233 g/mol. The van der Waals surface area contributed by atoms with E-state index in [0.717, 1.165) is 17.0 Å². The molecule has 0 fully saturated rings. The molecule has 1 aromatic carbocycles. The van der Waals surface area contributed by atoms with E-state index in [1.165, 1.54) is 0 Å². The Morgan fingerprint density at radius 2 is 2.38 bits per heavy atom. The van der Waals surface area contributed by atoms with E-state index < -0.39 is 0 Å². The smallest absolute Gasteiger partial charge is 0.150 e. The molecule has 2 aromatic rings. The first-order chi connectivity index (χ1) is 7.78. The second-order valence-corrected chi connectivity index (χ2v) is 4.30. The molecule has 0 N–H and O–H groups in total. The molecular weight excluding hydrogens is 222 g/mol. The third-order valence-corrected chi connectivity index (χ3v) is 2.96. The molecule has 4 heteroatoms. The number of carbonyl (C=O) groups excluding carboxylic acids is 1. The molecule has 0 amide bonds. The van der Waals surface area contributed by atoms with Crippen LogP contribution in [-0.2, 0) is 6.61 Å². The SMILES string of the molecule is Cc1csc(COc2cccc(C=O)c2)n1. The fourth-order valence-corrected chi connectivity index (χ4v) is 1.97. The minimum absolute atomic E-state index is 0.445. The Labute approximate surface area is 97.7 Å². The first-order valence-electron chi connectivity index (χ1n) is 4.87. The van der Waals surface area contributed by atoms with Gasteiger partial charge in [0.25, 0.3) is 0 Å². The van der Waals surface area contributed by atoms with Crippen LogP contribution in [0, 0.1) is 6.92 Å². The molecule has 2 rings (SSSR count). The Morgan fingerprint density at radius 1 is 1.50 bits per heavy atom. The van der Waals surface area contributed by atoms with E-state index in [4.69, 9.17) is 4.74 Å². The van der Waals surface area contributed by atoms with Crippen LogP contribution in [0.15, 0.2) is 29.6 Å². The summed E-state index contributed by atoms with van der Waals surface area (Å²) in [5, 5.41) is 2.93. The van der Waals surface area contributed by atoms with Crippen LogP contribution in [0.3, 0.4) is 0 Å². The van der Waals surface area contributed by atoms with Gasteiger partial charge in [-0.1, -0.05) is 12.1 Å². The number of benzene rings is 1. The Morgan fingerprint density at radius 3 is 3.06 bits per heavy atom. The van der Waals surface area contributed by atoms with E-state index in [1.807, 2.05) is 18.4 Å². The van der Waals surface area contributed by atoms with Crippen molar-refractivity contribution in [2.75, 3.05) is 0 Å². The zero-order chi connectivity index (χ0) is 11.4. The van der Waals surface area contributed by atoms with Gasteiger partial charge >= 0.3 is 0 Å². The molecule has 1 heterocycles. The largest absolute Gasteiger partial charge is 0.486 e. The van der Waals surface area contributed by atoms with E-state index in [2.05, 4.69) is 4.98 Å². The zero-order valence-electron chi connectivity index (χ0n) is 8.84. The number of hydrogen-bond acceptors (Lipinski definition) is 4. The Balaban J connectivity index is 2.01. The topological polar surface area (TPSA) is 39.2 Å². The molecule has 0 saturated carbocycles. The van der Waals surface area contributed by atoms with Gasteiger partial charge in [-0.3, -0.25) is 4.79 Å². The van der Waals surface area contributed by atoms with Crippen LogP contribution in [0.25, 0.3) is 0 Å². The van der Waals surface area contributed by atoms with Gasteiger partial charge in [-0.2, -0.15) is 0 Å². The van der Waals surface area contributed by atoms with E-state index >= 15 is 0 Å². The zero-order valence-corrected chi connectivity index (χ0v) is 9.66. The van der Waals surface area contributed by atoms with Gasteiger partial charge in [0.15, 0.2) is 0 Å². The van der Waals surface area contributed by atoms with Crippen molar-refractivity contribution >= 4 is 17.6 Å². The van der Waals surface area contributed by atoms with E-state index in [-0.39, 0.29) is 0 Å². The molecule has 0 unspecified atom stereocenters. The number of aldehydes is 1. The molecule has 3 nitrogen and oxygen atoms in total. The molecule has 0 saturated heterocycles. The maximum atomic E-state index is 10.6. The average Bonchev–Trinajstić information content (AvgIpc) is 2.73. The lowest BCUT2D eigenvalue weighted by molar-refractivity contribution is 0.112. The highest BCUT2D eigenvalue weighted by Gasteiger charge is 2.00. The van der Waals surface area contributed by atoms with Crippen molar-refractivity contribution in [2.45, 2.75) is 13.5 Å². The third kappa shape index (κ3) is 2.67. The van der Waals surface area contributed by atoms with Crippen molar-refractivity contribution in [1.82, 2.24) is 4.98 Å². The number of thiazole rings is 1. The summed E-state index contributed by atoms with van der Waals surface area (Å²) in [4.78, 5) is 14.9. The summed E-state index contributed by atoms with van der Waals surface area (Å²) in [6.07, 6.45) is 0.806. The second-order valence-electron chi connectivity index (χ2n) is 3.36. The Hall–Kier alpha value is -1.68. The predicted octanol–water partition coefficient (Wildman–Crippen LogP) is 2.84. The number of nitrogens with zero attached hydrogens (tertiary/aromatic N) is 1. The molecule has 0 aliphatic heterocycles. The van der Waals surface area contributed by atoms with Crippen LogP contribution < -0.4 is 4.74 Å². The second kappa shape index (κ2) is 4.90. The van der Waals surface area contributed by atoms with Gasteiger partial charge in [0.05, 0.1) is 0 Å². The van der Waals surface area contributed by atoms with Crippen molar-refractivity contribution in [1.29, 1.82) is 0 Å². The van der Waals surface area contributed by atoms with Crippen LogP contribution in [0.5, 0.6) is 5.75 Å². The fourth-order valence-electron chi connectivity index (χ4n) is 1.29. The summed E-state index contributed by atoms with van der Waals surface area (Å²) >= 11 is 1.57. The highest BCUT2D eigenvalue weighted by molar-refractivity contribution is 7.09. The predicted molar refractivity (Wildman–Crippen MR) is 63.0 cm³/mol. The number of ether oxygens (including phenoxy) is 1. The lowest BCUT2D eigenvalue weighted by atomic mass is 10.2. The molecular formula is C12H11NO2S. The molecule has 0 bridgehead atoms. The first-order valence-corrected chi connectivity index (χ1v) is 5.75. The van der Waals surface area contributed by atoms with E-state index in [9.17, 15) is 4.79 Å². The summed E-state index contributed by atoms with van der Waals surface area (Å²) in [6, 6.07) is 7.08. The lowest BCUT2D eigenvalue weighted by Gasteiger charge is -2.03. The molecule has 1 aromatic heterocycles. The van der Waals surface area contributed by atoms with Crippen LogP contribution in [-0.4, -0.2) is 11.3 Å². The average molecular weight is 233 g/mol. The lowest BCUT2D eigenvalue weighted by Crippen LogP contribution is -1.95. The summed E-state index contributed by atoms with van der Waals surface area (Å²) in [5.74, 6) is 0.692. The van der Waals surface area contributed by atoms with Crippen LogP contribution in [0.2, 0.25) is 0 Å². The maximum Gasteiger partial charge on any atom is 0.150 e. The molecule has 0 aliphatic carbocycles. The highest BCUT2D eigenvalue weighted by Crippen LogP contribution is 2.16. The quantitative estimate of drug-likeness (QED) is 0.762. The van der Waals surface area contributed by atoms with Crippen LogP contribution in [0.1, 0.15) is 21.1 Å².